The number of nitrogens with one attached hydrogen (secondary N) is 2. The molecule has 0 aromatic heterocycles. The van der Waals surface area contributed by atoms with E-state index in [4.69, 9.17) is 0 Å². The Morgan fingerprint density at radius 2 is 1.91 bits per heavy atom. The fraction of sp³-hybridized carbons (Fsp3) is 0.423. The fourth-order valence-corrected chi connectivity index (χ4v) is 6.32. The maximum Gasteiger partial charge on any atom is 0.263 e. The molecule has 0 spiro atoms. The first-order valence-electron chi connectivity index (χ1n) is 12.1. The molecule has 2 aromatic carbocycles. The van der Waals surface area contributed by atoms with Gasteiger partial charge in [0.2, 0.25) is 0 Å². The molecular weight excluding hydrogens is 448 g/mol. The number of fused-ring (bicyclic) bond motifs is 1. The van der Waals surface area contributed by atoms with Crippen molar-refractivity contribution >= 4 is 33.4 Å². The number of amides is 1. The Hall–Kier alpha value is -2.84. The van der Waals surface area contributed by atoms with Crippen LogP contribution in [0.4, 0.5) is 11.4 Å². The van der Waals surface area contributed by atoms with Gasteiger partial charge in [0.1, 0.15) is 4.90 Å². The van der Waals surface area contributed by atoms with Crippen molar-refractivity contribution in [2.75, 3.05) is 42.8 Å². The van der Waals surface area contributed by atoms with Crippen LogP contribution in [0.15, 0.2) is 53.4 Å². The zero-order chi connectivity index (χ0) is 23.7. The second-order valence-corrected chi connectivity index (χ2v) is 11.2. The van der Waals surface area contributed by atoms with Gasteiger partial charge in [-0.15, -0.1) is 0 Å². The summed E-state index contributed by atoms with van der Waals surface area (Å²) in [5, 5.41) is 3.15. The van der Waals surface area contributed by atoms with Crippen LogP contribution in [-0.2, 0) is 10.0 Å². The summed E-state index contributed by atoms with van der Waals surface area (Å²) in [5.74, 6) is 0.831. The Morgan fingerprint density at radius 3 is 2.62 bits per heavy atom. The smallest absolute Gasteiger partial charge is 0.263 e. The van der Waals surface area contributed by atoms with E-state index in [2.05, 4.69) is 21.9 Å². The van der Waals surface area contributed by atoms with Gasteiger partial charge in [0.25, 0.3) is 15.9 Å². The van der Waals surface area contributed by atoms with Crippen LogP contribution in [0.2, 0.25) is 0 Å². The van der Waals surface area contributed by atoms with Crippen molar-refractivity contribution in [3.05, 3.63) is 59.7 Å². The van der Waals surface area contributed by atoms with Crippen LogP contribution in [0.5, 0.6) is 0 Å². The van der Waals surface area contributed by atoms with Crippen molar-refractivity contribution in [3.63, 3.8) is 0 Å². The topological polar surface area (TPSA) is 81.8 Å². The van der Waals surface area contributed by atoms with Crippen molar-refractivity contribution in [3.8, 4) is 0 Å². The van der Waals surface area contributed by atoms with Gasteiger partial charge in [-0.3, -0.25) is 14.4 Å². The van der Waals surface area contributed by atoms with E-state index in [1.807, 2.05) is 23.1 Å². The summed E-state index contributed by atoms with van der Waals surface area (Å²) >= 11 is 0. The van der Waals surface area contributed by atoms with Gasteiger partial charge < -0.3 is 10.2 Å². The second kappa shape index (κ2) is 9.43. The predicted octanol–water partition coefficient (Wildman–Crippen LogP) is 3.87. The summed E-state index contributed by atoms with van der Waals surface area (Å²) in [5.41, 5.74) is 2.46. The molecule has 3 aliphatic rings. The average molecular weight is 481 g/mol. The van der Waals surface area contributed by atoms with Gasteiger partial charge in [-0.2, -0.15) is 0 Å². The van der Waals surface area contributed by atoms with Gasteiger partial charge >= 0.3 is 0 Å². The van der Waals surface area contributed by atoms with Gasteiger partial charge in [0.05, 0.1) is 5.69 Å². The van der Waals surface area contributed by atoms with Crippen LogP contribution in [0.25, 0.3) is 6.08 Å². The molecule has 2 aromatic rings. The molecule has 2 aliphatic heterocycles. The SMILES string of the molecule is CC1CN(CC2CCC2)CCN1C(=O)c1ccc(NS(=O)(=O)c2cccc3c2NCC=C3)cc1. The molecule has 2 N–H and O–H groups in total. The highest BCUT2D eigenvalue weighted by Gasteiger charge is 2.30. The van der Waals surface area contributed by atoms with Crippen LogP contribution in [-0.4, -0.2) is 62.9 Å². The average Bonchev–Trinajstić information content (AvgIpc) is 2.81. The molecule has 1 unspecified atom stereocenters. The molecule has 5 rings (SSSR count). The van der Waals surface area contributed by atoms with Crippen molar-refractivity contribution in [1.82, 2.24) is 9.80 Å². The van der Waals surface area contributed by atoms with Gasteiger partial charge in [-0.1, -0.05) is 30.7 Å². The molecule has 0 radical (unpaired) electrons. The lowest BCUT2D eigenvalue weighted by Gasteiger charge is -2.42. The highest BCUT2D eigenvalue weighted by atomic mass is 32.2. The number of carbonyl (C=O) groups is 1. The third-order valence-electron chi connectivity index (χ3n) is 7.14. The predicted molar refractivity (Wildman–Crippen MR) is 135 cm³/mol. The highest BCUT2D eigenvalue weighted by molar-refractivity contribution is 7.92. The number of nitrogens with zero attached hydrogens (tertiary/aromatic N) is 2. The fourth-order valence-electron chi connectivity index (χ4n) is 5.04. The van der Waals surface area contributed by atoms with Crippen LogP contribution in [0.3, 0.4) is 0 Å². The van der Waals surface area contributed by atoms with E-state index in [1.54, 1.807) is 36.4 Å². The molecule has 180 valence electrons. The third-order valence-corrected chi connectivity index (χ3v) is 8.56. The molecular formula is C26H32N4O3S. The zero-order valence-corrected chi connectivity index (χ0v) is 20.4. The number of benzene rings is 2. The minimum atomic E-state index is -3.78. The summed E-state index contributed by atoms with van der Waals surface area (Å²) < 4.78 is 28.8. The molecule has 7 nitrogen and oxygen atoms in total. The maximum absolute atomic E-state index is 13.1. The zero-order valence-electron chi connectivity index (χ0n) is 19.5. The Balaban J connectivity index is 1.24. The van der Waals surface area contributed by atoms with E-state index in [1.165, 1.54) is 19.3 Å². The molecule has 1 amide bonds. The quantitative estimate of drug-likeness (QED) is 0.656. The monoisotopic (exact) mass is 480 g/mol. The molecule has 34 heavy (non-hydrogen) atoms. The first-order chi connectivity index (χ1) is 16.4. The maximum atomic E-state index is 13.1. The second-order valence-electron chi connectivity index (χ2n) is 9.59. The van der Waals surface area contributed by atoms with Crippen LogP contribution in [0, 0.1) is 5.92 Å². The Labute approximate surface area is 201 Å². The Kier molecular flexibility index (Phi) is 6.36. The standard InChI is InChI=1S/C26H32N4O3S/c1-19-17-29(18-20-5-2-6-20)15-16-30(19)26(31)22-10-12-23(13-11-22)28-34(32,33)24-9-3-7-21-8-4-14-27-25(21)24/h3-4,7-13,19-20,27-28H,2,5-6,14-18H2,1H3. The van der Waals surface area contributed by atoms with Crippen molar-refractivity contribution in [2.45, 2.75) is 37.1 Å². The largest absolute Gasteiger partial charge is 0.380 e. The molecule has 2 heterocycles. The number of piperazine rings is 1. The van der Waals surface area contributed by atoms with E-state index in [0.717, 1.165) is 37.7 Å². The minimum Gasteiger partial charge on any atom is -0.380 e. The van der Waals surface area contributed by atoms with E-state index in [0.29, 0.717) is 23.5 Å². The lowest BCUT2D eigenvalue weighted by atomic mass is 9.85. The van der Waals surface area contributed by atoms with Gasteiger partial charge in [-0.05, 0) is 61.6 Å². The van der Waals surface area contributed by atoms with Crippen LogP contribution >= 0.6 is 0 Å². The molecule has 2 fully saturated rings. The van der Waals surface area contributed by atoms with Gasteiger partial charge in [0.15, 0.2) is 0 Å². The number of sulfonamides is 1. The van der Waals surface area contributed by atoms with Gasteiger partial charge in [-0.25, -0.2) is 8.42 Å². The van der Waals surface area contributed by atoms with Crippen LogP contribution < -0.4 is 10.0 Å². The van der Waals surface area contributed by atoms with Crippen molar-refractivity contribution in [2.24, 2.45) is 5.92 Å². The van der Waals surface area contributed by atoms with E-state index >= 15 is 0 Å². The van der Waals surface area contributed by atoms with E-state index < -0.39 is 10.0 Å². The first-order valence-corrected chi connectivity index (χ1v) is 13.6. The summed E-state index contributed by atoms with van der Waals surface area (Å²) in [6, 6.07) is 12.1. The molecule has 0 bridgehead atoms. The molecule has 1 saturated heterocycles. The lowest BCUT2D eigenvalue weighted by molar-refractivity contribution is 0.0424. The van der Waals surface area contributed by atoms with Crippen LogP contribution in [0.1, 0.15) is 42.1 Å². The van der Waals surface area contributed by atoms with E-state index in [9.17, 15) is 13.2 Å². The molecule has 1 aliphatic carbocycles. The first kappa shape index (κ1) is 22.9. The van der Waals surface area contributed by atoms with Crippen molar-refractivity contribution < 1.29 is 13.2 Å². The normalized spacial score (nSPS) is 20.9. The van der Waals surface area contributed by atoms with Gasteiger partial charge in [0, 0.05) is 50.0 Å². The number of para-hydroxylation sites is 1. The molecule has 8 heteroatoms. The minimum absolute atomic E-state index is 0.00156. The molecule has 1 saturated carbocycles. The lowest BCUT2D eigenvalue weighted by Crippen LogP contribution is -2.55. The molecule has 1 atom stereocenters. The summed E-state index contributed by atoms with van der Waals surface area (Å²) in [6.07, 6.45) is 7.90. The Bertz CT molecular complexity index is 1190. The van der Waals surface area contributed by atoms with Crippen molar-refractivity contribution in [1.29, 1.82) is 0 Å². The number of rotatable bonds is 6. The summed E-state index contributed by atoms with van der Waals surface area (Å²) in [4.78, 5) is 17.8. The third kappa shape index (κ3) is 4.70. The summed E-state index contributed by atoms with van der Waals surface area (Å²) in [7, 11) is -3.78. The number of hydrogen-bond donors (Lipinski definition) is 2. The summed E-state index contributed by atoms with van der Waals surface area (Å²) in [6.45, 7) is 6.39. The number of anilines is 2. The Morgan fingerprint density at radius 1 is 1.12 bits per heavy atom. The number of hydrogen-bond acceptors (Lipinski definition) is 5. The van der Waals surface area contributed by atoms with E-state index in [-0.39, 0.29) is 16.8 Å². The highest BCUT2D eigenvalue weighted by Crippen LogP contribution is 2.31. The number of carbonyl (C=O) groups excluding carboxylic acids is 1.